The van der Waals surface area contributed by atoms with Crippen LogP contribution in [0, 0.1) is 0 Å². The molecular formula is C14H12N2O4S3. The van der Waals surface area contributed by atoms with Gasteiger partial charge in [-0.05, 0) is 34.5 Å². The van der Waals surface area contributed by atoms with Gasteiger partial charge >= 0.3 is 0 Å². The minimum Gasteiger partial charge on any atom is -0.288 e. The van der Waals surface area contributed by atoms with E-state index in [2.05, 4.69) is 4.72 Å². The van der Waals surface area contributed by atoms with Crippen molar-refractivity contribution in [3.8, 4) is 0 Å². The highest BCUT2D eigenvalue weighted by molar-refractivity contribution is 7.91. The van der Waals surface area contributed by atoms with Crippen LogP contribution < -0.4 is 10.2 Å². The third-order valence-corrected chi connectivity index (χ3v) is 7.03. The Hall–Kier alpha value is -1.78. The second-order valence-corrected chi connectivity index (χ2v) is 8.71. The van der Waals surface area contributed by atoms with Gasteiger partial charge in [-0.2, -0.15) is 0 Å². The van der Waals surface area contributed by atoms with Gasteiger partial charge in [0, 0.05) is 11.2 Å². The lowest BCUT2D eigenvalue weighted by Gasteiger charge is -2.05. The Labute approximate surface area is 140 Å². The molecule has 1 amide bonds. The normalized spacial score (nSPS) is 11.7. The van der Waals surface area contributed by atoms with Crippen molar-refractivity contribution in [2.45, 2.75) is 10.8 Å². The first-order valence-electron chi connectivity index (χ1n) is 6.50. The van der Waals surface area contributed by atoms with Crippen molar-refractivity contribution in [2.75, 3.05) is 0 Å². The van der Waals surface area contributed by atoms with Gasteiger partial charge in [-0.15, -0.1) is 22.7 Å². The standard InChI is InChI=1S/C14H12N2O4S3/c17-14(16-18)12-7-10-4-3-9(6-11(10)22-12)8-15-23(19,20)13-2-1-5-21-13/h1-7,15,18H,8H2,(H,16,17). The highest BCUT2D eigenvalue weighted by Gasteiger charge is 2.15. The number of rotatable bonds is 5. The monoisotopic (exact) mass is 368 g/mol. The van der Waals surface area contributed by atoms with Crippen molar-refractivity contribution in [1.82, 2.24) is 10.2 Å². The van der Waals surface area contributed by atoms with Gasteiger partial charge in [-0.25, -0.2) is 18.6 Å². The Kier molecular flexibility index (Phi) is 4.46. The van der Waals surface area contributed by atoms with E-state index in [9.17, 15) is 13.2 Å². The molecular weight excluding hydrogens is 356 g/mol. The van der Waals surface area contributed by atoms with E-state index in [0.29, 0.717) is 4.88 Å². The van der Waals surface area contributed by atoms with Gasteiger partial charge in [0.05, 0.1) is 4.88 Å². The summed E-state index contributed by atoms with van der Waals surface area (Å²) in [6.07, 6.45) is 0. The van der Waals surface area contributed by atoms with Crippen molar-refractivity contribution in [1.29, 1.82) is 0 Å². The van der Waals surface area contributed by atoms with Crippen LogP contribution in [0.25, 0.3) is 10.1 Å². The number of hydrogen-bond acceptors (Lipinski definition) is 6. The molecule has 1 aromatic carbocycles. The summed E-state index contributed by atoms with van der Waals surface area (Å²) in [5.74, 6) is -0.564. The van der Waals surface area contributed by atoms with Gasteiger partial charge in [0.15, 0.2) is 0 Å². The smallest absolute Gasteiger partial charge is 0.284 e. The van der Waals surface area contributed by atoms with E-state index in [1.54, 1.807) is 35.1 Å². The predicted octanol–water partition coefficient (Wildman–Crippen LogP) is 2.56. The Morgan fingerprint density at radius 2 is 2.04 bits per heavy atom. The van der Waals surface area contributed by atoms with Gasteiger partial charge in [-0.3, -0.25) is 10.0 Å². The van der Waals surface area contributed by atoms with Crippen molar-refractivity contribution in [3.63, 3.8) is 0 Å². The summed E-state index contributed by atoms with van der Waals surface area (Å²) in [4.78, 5) is 11.8. The molecule has 6 nitrogen and oxygen atoms in total. The zero-order valence-electron chi connectivity index (χ0n) is 11.6. The number of thiophene rings is 2. The SMILES string of the molecule is O=C(NO)c1cc2ccc(CNS(=O)(=O)c3cccs3)cc2s1. The summed E-state index contributed by atoms with van der Waals surface area (Å²) in [5.41, 5.74) is 2.39. The average molecular weight is 368 g/mol. The van der Waals surface area contributed by atoms with Crippen LogP contribution in [0.5, 0.6) is 0 Å². The van der Waals surface area contributed by atoms with Gasteiger partial charge in [-0.1, -0.05) is 18.2 Å². The summed E-state index contributed by atoms with van der Waals surface area (Å²) < 4.78 is 27.8. The Morgan fingerprint density at radius 1 is 1.22 bits per heavy atom. The maximum atomic E-state index is 12.1. The molecule has 9 heteroatoms. The van der Waals surface area contributed by atoms with E-state index in [1.165, 1.54) is 11.3 Å². The predicted molar refractivity (Wildman–Crippen MR) is 89.4 cm³/mol. The Bertz CT molecular complexity index is 946. The highest BCUT2D eigenvalue weighted by Crippen LogP contribution is 2.27. The topological polar surface area (TPSA) is 95.5 Å². The molecule has 0 saturated heterocycles. The maximum absolute atomic E-state index is 12.1. The molecule has 3 aromatic rings. The number of sulfonamides is 1. The highest BCUT2D eigenvalue weighted by atomic mass is 32.2. The number of hydroxylamine groups is 1. The molecule has 2 aromatic heterocycles. The molecule has 0 spiro atoms. The second kappa shape index (κ2) is 6.38. The van der Waals surface area contributed by atoms with E-state index >= 15 is 0 Å². The minimum atomic E-state index is -3.51. The number of benzene rings is 1. The van der Waals surface area contributed by atoms with Crippen molar-refractivity contribution in [3.05, 3.63) is 52.2 Å². The average Bonchev–Trinajstić information content (AvgIpc) is 3.21. The van der Waals surface area contributed by atoms with E-state index in [-0.39, 0.29) is 10.8 Å². The van der Waals surface area contributed by atoms with Gasteiger partial charge in [0.1, 0.15) is 4.21 Å². The third-order valence-electron chi connectivity index (χ3n) is 3.14. The number of nitrogens with one attached hydrogen (secondary N) is 2. The number of amides is 1. The molecule has 0 aliphatic rings. The van der Waals surface area contributed by atoms with E-state index in [1.807, 2.05) is 12.1 Å². The van der Waals surface area contributed by atoms with Crippen LogP contribution in [0.1, 0.15) is 15.2 Å². The first-order chi connectivity index (χ1) is 11.0. The van der Waals surface area contributed by atoms with Crippen LogP contribution in [0.2, 0.25) is 0 Å². The minimum absolute atomic E-state index is 0.162. The quantitative estimate of drug-likeness (QED) is 0.476. The van der Waals surface area contributed by atoms with Gasteiger partial charge in [0.2, 0.25) is 10.0 Å². The number of carbonyl (C=O) groups excluding carboxylic acids is 1. The molecule has 0 saturated carbocycles. The number of hydrogen-bond donors (Lipinski definition) is 3. The van der Waals surface area contributed by atoms with Crippen LogP contribution in [0.15, 0.2) is 46.0 Å². The number of carbonyl (C=O) groups is 1. The van der Waals surface area contributed by atoms with E-state index in [4.69, 9.17) is 5.21 Å². The molecule has 0 fully saturated rings. The molecule has 120 valence electrons. The van der Waals surface area contributed by atoms with Crippen LogP contribution in [0.4, 0.5) is 0 Å². The second-order valence-electron chi connectivity index (χ2n) is 4.68. The summed E-state index contributed by atoms with van der Waals surface area (Å²) in [6, 6.07) is 10.3. The molecule has 23 heavy (non-hydrogen) atoms. The molecule has 3 rings (SSSR count). The summed E-state index contributed by atoms with van der Waals surface area (Å²) in [5, 5.41) is 11.2. The van der Waals surface area contributed by atoms with Crippen LogP contribution in [-0.4, -0.2) is 19.5 Å². The van der Waals surface area contributed by atoms with Gasteiger partial charge in [0.25, 0.3) is 5.91 Å². The van der Waals surface area contributed by atoms with E-state index in [0.717, 1.165) is 27.0 Å². The zero-order chi connectivity index (χ0) is 16.4. The van der Waals surface area contributed by atoms with Crippen LogP contribution in [0.3, 0.4) is 0 Å². The van der Waals surface area contributed by atoms with Crippen molar-refractivity contribution >= 4 is 48.7 Å². The Balaban J connectivity index is 1.80. The van der Waals surface area contributed by atoms with Crippen LogP contribution >= 0.6 is 22.7 Å². The summed E-state index contributed by atoms with van der Waals surface area (Å²) in [6.45, 7) is 0.162. The van der Waals surface area contributed by atoms with Crippen molar-refractivity contribution < 1.29 is 18.4 Å². The molecule has 0 aliphatic heterocycles. The van der Waals surface area contributed by atoms with Crippen molar-refractivity contribution in [2.24, 2.45) is 0 Å². The summed E-state index contributed by atoms with van der Waals surface area (Å²) in [7, 11) is -3.51. The lowest BCUT2D eigenvalue weighted by atomic mass is 10.2. The maximum Gasteiger partial charge on any atom is 0.284 e. The first kappa shape index (κ1) is 16.1. The molecule has 2 heterocycles. The fraction of sp³-hybridized carbons (Fsp3) is 0.0714. The lowest BCUT2D eigenvalue weighted by Crippen LogP contribution is -2.22. The number of fused-ring (bicyclic) bond motifs is 1. The fourth-order valence-electron chi connectivity index (χ4n) is 2.02. The molecule has 0 aliphatic carbocycles. The van der Waals surface area contributed by atoms with Crippen LogP contribution in [-0.2, 0) is 16.6 Å². The Morgan fingerprint density at radius 3 is 2.74 bits per heavy atom. The lowest BCUT2D eigenvalue weighted by molar-refractivity contribution is 0.0711. The van der Waals surface area contributed by atoms with Gasteiger partial charge < -0.3 is 0 Å². The largest absolute Gasteiger partial charge is 0.288 e. The third kappa shape index (κ3) is 3.43. The molecule has 3 N–H and O–H groups in total. The van der Waals surface area contributed by atoms with E-state index < -0.39 is 15.9 Å². The summed E-state index contributed by atoms with van der Waals surface area (Å²) >= 11 is 2.39. The fourth-order valence-corrected chi connectivity index (χ4v) is 5.09. The molecule has 0 bridgehead atoms. The molecule has 0 atom stereocenters. The first-order valence-corrected chi connectivity index (χ1v) is 9.67. The zero-order valence-corrected chi connectivity index (χ0v) is 14.1. The molecule has 0 radical (unpaired) electrons. The molecule has 0 unspecified atom stereocenters.